The first-order chi connectivity index (χ1) is 44.8. The molecule has 3 aliphatic rings. The van der Waals surface area contributed by atoms with E-state index in [1.54, 1.807) is 30.6 Å². The van der Waals surface area contributed by atoms with E-state index in [2.05, 4.69) is 67.8 Å². The summed E-state index contributed by atoms with van der Waals surface area (Å²) in [5.41, 5.74) is 7.67. The molecule has 93 heavy (non-hydrogen) atoms. The van der Waals surface area contributed by atoms with E-state index >= 15 is 0 Å². The number of aromatic amines is 2. The molecule has 4 aromatic rings. The molecule has 0 saturated carbocycles. The maximum absolute atomic E-state index is 14.8. The molecule has 31 nitrogen and oxygen atoms in total. The number of carboxylic acids is 1. The average Bonchev–Trinajstić information content (AvgIpc) is 1.74. The van der Waals surface area contributed by atoms with Crippen LogP contribution in [0.1, 0.15) is 108 Å². The molecule has 0 radical (unpaired) electrons. The minimum Gasteiger partial charge on any atom is -0.481 e. The maximum atomic E-state index is 14.8. The lowest BCUT2D eigenvalue weighted by Crippen LogP contribution is -2.59. The second-order valence-electron chi connectivity index (χ2n) is 22.8. The van der Waals surface area contributed by atoms with Gasteiger partial charge in [0, 0.05) is 110 Å². The monoisotopic (exact) mass is 1320 g/mol. The number of primary amides is 1. The predicted molar refractivity (Wildman–Crippen MR) is 337 cm³/mol. The minimum absolute atomic E-state index is 0.0155. The van der Waals surface area contributed by atoms with Gasteiger partial charge in [0.1, 0.15) is 24.7 Å². The van der Waals surface area contributed by atoms with Crippen molar-refractivity contribution in [3.05, 3.63) is 66.1 Å². The highest BCUT2D eigenvalue weighted by Gasteiger charge is 2.43. The van der Waals surface area contributed by atoms with Crippen LogP contribution in [0.2, 0.25) is 0 Å². The third kappa shape index (κ3) is 24.6. The minimum atomic E-state index is -1.81. The molecule has 3 aromatic heterocycles. The quantitative estimate of drug-likeness (QED) is 0.0280. The van der Waals surface area contributed by atoms with Gasteiger partial charge in [-0.05, 0) is 57.1 Å². The lowest BCUT2D eigenvalue weighted by Gasteiger charge is -2.27. The van der Waals surface area contributed by atoms with E-state index < -0.39 is 128 Å². The van der Waals surface area contributed by atoms with Gasteiger partial charge in [0.05, 0.1) is 75.8 Å². The number of thioether (sulfide) groups is 1. The van der Waals surface area contributed by atoms with Gasteiger partial charge in [-0.1, -0.05) is 50.1 Å². The standard InChI is InChI=1S/C59H83N15O16S.C2H6/c1-34(75)52-58(86)67-43(13-14-51(80)81)57(85)68-45(25-38-28-61-33-65-38)56(84)64-29-40(76)23-35(54(60)82)8-6-7-16-74-30-39(72-73-74)26-44(47(77)24-36(55(83)70-52)22-37-27-63-42-10-3-2-9-41(37)42)66-50(79)31-90-21-20-89-19-18-88-17-15-62-49(78)12-5-4-11-48-53-46(32-91-48)69-59(87)71-53;1-2/h2-3,9-10,27-28,30,33-36,43-46,48,52-53,63,75H,4-8,11-26,29,31-32H2,1H3,(H2,60,82)(H,61,65)(H,62,78)(H,64,84)(H,66,79)(H,67,86)(H,68,85)(H,70,83)(H,80,81)(H2,69,71,87);1-2H3/t34?,35-,36-,43+,44+,45+,46-,48-,52+,53-;/m1./s1. The van der Waals surface area contributed by atoms with Crippen molar-refractivity contribution in [2.45, 2.75) is 165 Å². The Hall–Kier alpha value is -8.33. The number of aromatic nitrogens is 6. The Labute approximate surface area is 542 Å². The van der Waals surface area contributed by atoms with Crippen LogP contribution in [0.3, 0.4) is 0 Å². The number of benzene rings is 1. The summed E-state index contributed by atoms with van der Waals surface area (Å²) in [6, 6.07) is 1.12. The summed E-state index contributed by atoms with van der Waals surface area (Å²) in [4.78, 5) is 157. The summed E-state index contributed by atoms with van der Waals surface area (Å²) in [5, 5.41) is 51.7. The highest BCUT2D eigenvalue weighted by atomic mass is 32.2. The largest absolute Gasteiger partial charge is 0.481 e. The Balaban J connectivity index is 0.00000679. The van der Waals surface area contributed by atoms with Gasteiger partial charge in [-0.25, -0.2) is 9.78 Å². The number of H-pyrrole nitrogens is 2. The first-order valence-electron chi connectivity index (χ1n) is 31.6. The van der Waals surface area contributed by atoms with Crippen LogP contribution in [0, 0.1) is 11.8 Å². The van der Waals surface area contributed by atoms with Crippen molar-refractivity contribution in [3.8, 4) is 0 Å². The molecule has 2 saturated heterocycles. The number of urea groups is 1. The highest BCUT2D eigenvalue weighted by molar-refractivity contribution is 8.00. The first-order valence-corrected chi connectivity index (χ1v) is 32.7. The fourth-order valence-electron chi connectivity index (χ4n) is 10.9. The van der Waals surface area contributed by atoms with Gasteiger partial charge < -0.3 is 82.7 Å². The summed E-state index contributed by atoms with van der Waals surface area (Å²) in [5.74, 6) is -9.26. The number of aliphatic carboxylic acids is 1. The summed E-state index contributed by atoms with van der Waals surface area (Å²) in [6.45, 7) is 5.50. The van der Waals surface area contributed by atoms with E-state index in [0.29, 0.717) is 47.8 Å². The predicted octanol–water partition coefficient (Wildman–Crippen LogP) is -0.451. The Bertz CT molecular complexity index is 3120. The fourth-order valence-corrected chi connectivity index (χ4v) is 12.5. The number of aliphatic hydroxyl groups is 1. The van der Waals surface area contributed by atoms with Crippen LogP contribution in [0.25, 0.3) is 10.9 Å². The number of hydrogen-bond acceptors (Lipinski definition) is 19. The third-order valence-electron chi connectivity index (χ3n) is 15.8. The molecule has 7 rings (SSSR count). The zero-order valence-electron chi connectivity index (χ0n) is 52.7. The Morgan fingerprint density at radius 3 is 2.30 bits per heavy atom. The number of Topliss-reactive ketones (excluding diaryl/α,β-unsaturated/α-hetero) is 2. The van der Waals surface area contributed by atoms with Crippen molar-refractivity contribution in [2.75, 3.05) is 58.5 Å². The number of aliphatic hydroxyl groups excluding tert-OH is 1. The molecule has 510 valence electrons. The summed E-state index contributed by atoms with van der Waals surface area (Å²) < 4.78 is 18.3. The second kappa shape index (κ2) is 38.6. The summed E-state index contributed by atoms with van der Waals surface area (Å²) in [6.07, 6.45) is 5.68. The Morgan fingerprint density at radius 2 is 1.56 bits per heavy atom. The molecule has 10 atom stereocenters. The number of rotatable bonds is 26. The number of fused-ring (bicyclic) bond motifs is 4. The number of nitrogens with two attached hydrogens (primary N) is 1. The number of nitrogens with zero attached hydrogens (tertiary/aromatic N) is 4. The number of hydrogen-bond donors (Lipinski definition) is 13. The topological polar surface area (TPSA) is 453 Å². The van der Waals surface area contributed by atoms with E-state index in [1.165, 1.54) is 24.1 Å². The van der Waals surface area contributed by atoms with Crippen molar-refractivity contribution in [3.63, 3.8) is 0 Å². The SMILES string of the molecule is CC.CC(O)[C@@H]1NC(=O)[C@H](Cc2c[nH]c3ccccc23)CC(=O)[C@@H](NC(=O)COCCOCCOCCNC(=O)CCCC[C@H]2SC[C@H]3NC(=O)N[C@H]32)Cc2cn(nn2)CCCC[C@@H](C(N)=O)CC(=O)CNC(=O)[C@H](Cc2cnc[nH]2)NC(=O)[C@H](CCC(=O)O)NC1=O. The van der Waals surface area contributed by atoms with Crippen LogP contribution in [-0.2, 0) is 88.0 Å². The molecular formula is C61H89N15O16S. The molecule has 6 heterocycles. The number of ether oxygens (including phenoxy) is 3. The normalized spacial score (nSPS) is 23.3. The molecule has 32 heteroatoms. The third-order valence-corrected chi connectivity index (χ3v) is 17.3. The zero-order valence-corrected chi connectivity index (χ0v) is 53.6. The van der Waals surface area contributed by atoms with Crippen LogP contribution >= 0.6 is 11.8 Å². The van der Waals surface area contributed by atoms with Crippen molar-refractivity contribution >= 4 is 87.6 Å². The number of carbonyl (C=O) groups is 11. The number of nitrogens with one attached hydrogen (secondary N) is 10. The zero-order chi connectivity index (χ0) is 67.2. The van der Waals surface area contributed by atoms with Crippen LogP contribution < -0.4 is 48.3 Å². The van der Waals surface area contributed by atoms with Crippen molar-refractivity contribution in [1.82, 2.24) is 72.5 Å². The van der Waals surface area contributed by atoms with Crippen LogP contribution in [-0.4, -0.2) is 211 Å². The van der Waals surface area contributed by atoms with E-state index in [0.717, 1.165) is 30.4 Å². The van der Waals surface area contributed by atoms with Crippen LogP contribution in [0.15, 0.2) is 49.2 Å². The number of ketones is 2. The molecule has 0 aliphatic carbocycles. The fraction of sp³-hybridized carbons (Fsp3) is 0.607. The molecular weight excluding hydrogens is 1230 g/mol. The van der Waals surface area contributed by atoms with E-state index in [-0.39, 0.29) is 101 Å². The number of carboxylic acid groups (broad SMARTS) is 1. The molecule has 2 fully saturated rings. The second-order valence-corrected chi connectivity index (χ2v) is 24.1. The maximum Gasteiger partial charge on any atom is 0.315 e. The number of imidazole rings is 1. The number of unbranched alkanes of at least 4 members (excludes halogenated alkanes) is 1. The number of amides is 9. The average molecular weight is 1320 g/mol. The lowest BCUT2D eigenvalue weighted by atomic mass is 9.89. The molecule has 0 spiro atoms. The van der Waals surface area contributed by atoms with Gasteiger partial charge in [0.15, 0.2) is 11.6 Å². The van der Waals surface area contributed by atoms with Gasteiger partial charge in [-0.15, -0.1) is 5.10 Å². The Morgan fingerprint density at radius 1 is 0.806 bits per heavy atom. The van der Waals surface area contributed by atoms with Gasteiger partial charge in [0.25, 0.3) is 0 Å². The van der Waals surface area contributed by atoms with E-state index in [1.807, 2.05) is 31.7 Å². The summed E-state index contributed by atoms with van der Waals surface area (Å²) in [7, 11) is 0. The van der Waals surface area contributed by atoms with E-state index in [4.69, 9.17) is 19.9 Å². The van der Waals surface area contributed by atoms with Gasteiger partial charge >= 0.3 is 12.0 Å². The molecule has 1 aromatic carbocycles. The molecule has 3 aliphatic heterocycles. The van der Waals surface area contributed by atoms with Crippen molar-refractivity contribution in [1.29, 1.82) is 0 Å². The molecule has 9 amide bonds. The molecule has 2 bridgehead atoms. The first kappa shape index (κ1) is 73.7. The lowest BCUT2D eigenvalue weighted by molar-refractivity contribution is -0.139. The summed E-state index contributed by atoms with van der Waals surface area (Å²) >= 11 is 1.84. The highest BCUT2D eigenvalue weighted by Crippen LogP contribution is 2.33. The van der Waals surface area contributed by atoms with Gasteiger partial charge in [0.2, 0.25) is 41.4 Å². The Kier molecular flexibility index (Phi) is 30.6. The number of aryl methyl sites for hydroxylation is 1. The van der Waals surface area contributed by atoms with Gasteiger partial charge in [-0.2, -0.15) is 11.8 Å². The smallest absolute Gasteiger partial charge is 0.315 e. The van der Waals surface area contributed by atoms with Gasteiger partial charge in [-0.3, -0.25) is 52.6 Å². The van der Waals surface area contributed by atoms with E-state index in [9.17, 15) is 63.0 Å². The van der Waals surface area contributed by atoms with Crippen LogP contribution in [0.5, 0.6) is 0 Å². The van der Waals surface area contributed by atoms with Crippen molar-refractivity contribution < 1.29 is 77.2 Å². The number of para-hydroxylation sites is 1. The van der Waals surface area contributed by atoms with Crippen molar-refractivity contribution in [2.24, 2.45) is 17.6 Å². The molecule has 14 N–H and O–H groups in total. The number of carbonyl (C=O) groups excluding carboxylic acids is 10. The molecule has 1 unspecified atom stereocenters. The van der Waals surface area contributed by atoms with Crippen LogP contribution in [0.4, 0.5) is 4.79 Å².